The lowest BCUT2D eigenvalue weighted by molar-refractivity contribution is 0.102. The topological polar surface area (TPSA) is 106 Å². The predicted molar refractivity (Wildman–Crippen MR) is 90.0 cm³/mol. The van der Waals surface area contributed by atoms with Crippen LogP contribution in [0.5, 0.6) is 0 Å². The van der Waals surface area contributed by atoms with Crippen LogP contribution in [0.15, 0.2) is 34.0 Å². The average molecular weight is 385 g/mol. The first-order valence-corrected chi connectivity index (χ1v) is 8.47. The van der Waals surface area contributed by atoms with Crippen LogP contribution in [0.4, 0.5) is 18.9 Å². The molecule has 2 aromatic heterocycles. The number of amidine groups is 1. The van der Waals surface area contributed by atoms with E-state index in [1.807, 2.05) is 0 Å². The zero-order valence-corrected chi connectivity index (χ0v) is 14.1. The minimum Gasteiger partial charge on any atom is -0.443 e. The van der Waals surface area contributed by atoms with Crippen molar-refractivity contribution in [3.63, 3.8) is 0 Å². The van der Waals surface area contributed by atoms with Gasteiger partial charge in [-0.1, -0.05) is 11.8 Å². The third kappa shape index (κ3) is 3.66. The van der Waals surface area contributed by atoms with Crippen molar-refractivity contribution in [1.29, 1.82) is 0 Å². The highest BCUT2D eigenvalue weighted by molar-refractivity contribution is 8.13. The van der Waals surface area contributed by atoms with E-state index < -0.39 is 30.4 Å². The molecule has 0 radical (unpaired) electrons. The van der Waals surface area contributed by atoms with Crippen LogP contribution in [0.2, 0.25) is 0 Å². The maximum atomic E-state index is 13.7. The summed E-state index contributed by atoms with van der Waals surface area (Å²) in [6.45, 7) is -0.792. The Morgan fingerprint density at radius 2 is 2.31 bits per heavy atom. The largest absolute Gasteiger partial charge is 0.443 e. The van der Waals surface area contributed by atoms with Crippen molar-refractivity contribution >= 4 is 28.5 Å². The highest BCUT2D eigenvalue weighted by atomic mass is 32.2. The molecule has 0 saturated carbocycles. The van der Waals surface area contributed by atoms with Crippen LogP contribution in [0.1, 0.15) is 34.9 Å². The SMILES string of the molecule is NC1=N[C@](CF)(c2cc(NC(=O)c3coc(C(F)F)n3)ccn2)CCS1. The molecule has 0 spiro atoms. The molecule has 0 fully saturated rings. The molecule has 11 heteroatoms. The van der Waals surface area contributed by atoms with Gasteiger partial charge in [-0.2, -0.15) is 8.78 Å². The molecule has 2 aromatic rings. The Bertz CT molecular complexity index is 844. The lowest BCUT2D eigenvalue weighted by Crippen LogP contribution is -2.34. The highest BCUT2D eigenvalue weighted by Gasteiger charge is 2.36. The molecule has 1 amide bonds. The molecule has 0 saturated heterocycles. The van der Waals surface area contributed by atoms with E-state index in [2.05, 4.69) is 24.7 Å². The van der Waals surface area contributed by atoms with E-state index in [1.54, 1.807) is 0 Å². The Hall–Kier alpha value is -2.56. The van der Waals surface area contributed by atoms with Gasteiger partial charge in [0, 0.05) is 17.6 Å². The summed E-state index contributed by atoms with van der Waals surface area (Å²) in [6, 6.07) is 2.95. The first-order valence-electron chi connectivity index (χ1n) is 7.49. The number of oxazole rings is 1. The second kappa shape index (κ2) is 7.36. The summed E-state index contributed by atoms with van der Waals surface area (Å²) in [5, 5.41) is 2.76. The molecule has 3 N–H and O–H groups in total. The fraction of sp³-hybridized carbons (Fsp3) is 0.333. The van der Waals surface area contributed by atoms with Crippen LogP contribution in [0, 0.1) is 0 Å². The normalized spacial score (nSPS) is 20.1. The maximum absolute atomic E-state index is 13.7. The van der Waals surface area contributed by atoms with Crippen LogP contribution in [0.3, 0.4) is 0 Å². The first kappa shape index (κ1) is 18.2. The second-order valence-electron chi connectivity index (χ2n) is 5.47. The second-order valence-corrected chi connectivity index (χ2v) is 6.58. The summed E-state index contributed by atoms with van der Waals surface area (Å²) in [7, 11) is 0. The minimum absolute atomic E-state index is 0.271. The van der Waals surface area contributed by atoms with Crippen molar-refractivity contribution in [3.8, 4) is 0 Å². The molecule has 0 aliphatic carbocycles. The average Bonchev–Trinajstić information content (AvgIpc) is 3.12. The van der Waals surface area contributed by atoms with Crippen LogP contribution in [-0.2, 0) is 5.54 Å². The summed E-state index contributed by atoms with van der Waals surface area (Å²) in [6.07, 6.45) is -0.282. The van der Waals surface area contributed by atoms with Crippen molar-refractivity contribution in [2.75, 3.05) is 17.7 Å². The Balaban J connectivity index is 1.83. The molecular formula is C15H14F3N5O2S. The maximum Gasteiger partial charge on any atom is 0.313 e. The smallest absolute Gasteiger partial charge is 0.313 e. The fourth-order valence-corrected chi connectivity index (χ4v) is 3.31. The molecule has 1 aliphatic heterocycles. The highest BCUT2D eigenvalue weighted by Crippen LogP contribution is 2.35. The summed E-state index contributed by atoms with van der Waals surface area (Å²) in [4.78, 5) is 23.9. The van der Waals surface area contributed by atoms with E-state index in [0.717, 1.165) is 6.26 Å². The molecule has 7 nitrogen and oxygen atoms in total. The third-order valence-electron chi connectivity index (χ3n) is 3.75. The van der Waals surface area contributed by atoms with Gasteiger partial charge in [-0.15, -0.1) is 0 Å². The zero-order valence-electron chi connectivity index (χ0n) is 13.3. The number of amides is 1. The predicted octanol–water partition coefficient (Wildman–Crippen LogP) is 2.88. The van der Waals surface area contributed by atoms with E-state index in [1.165, 1.54) is 30.1 Å². The molecule has 0 bridgehead atoms. The number of aliphatic imine (C=N–C) groups is 1. The summed E-state index contributed by atoms with van der Waals surface area (Å²) in [5.74, 6) is -0.992. The number of halogens is 3. The van der Waals surface area contributed by atoms with E-state index in [-0.39, 0.29) is 10.9 Å². The molecule has 0 unspecified atom stereocenters. The fourth-order valence-electron chi connectivity index (χ4n) is 2.42. The lowest BCUT2D eigenvalue weighted by Gasteiger charge is -2.30. The van der Waals surface area contributed by atoms with Crippen LogP contribution >= 0.6 is 11.8 Å². The van der Waals surface area contributed by atoms with Gasteiger partial charge < -0.3 is 15.5 Å². The molecule has 0 aromatic carbocycles. The van der Waals surface area contributed by atoms with Crippen LogP contribution in [0.25, 0.3) is 0 Å². The van der Waals surface area contributed by atoms with Gasteiger partial charge in [0.15, 0.2) is 10.9 Å². The zero-order chi connectivity index (χ0) is 18.7. The summed E-state index contributed by atoms with van der Waals surface area (Å²) < 4.78 is 43.2. The quantitative estimate of drug-likeness (QED) is 0.820. The van der Waals surface area contributed by atoms with Gasteiger partial charge in [-0.05, 0) is 18.6 Å². The van der Waals surface area contributed by atoms with E-state index in [9.17, 15) is 18.0 Å². The van der Waals surface area contributed by atoms with Crippen molar-refractivity contribution in [1.82, 2.24) is 9.97 Å². The number of pyridine rings is 1. The van der Waals surface area contributed by atoms with Crippen LogP contribution < -0.4 is 11.1 Å². The van der Waals surface area contributed by atoms with E-state index >= 15 is 0 Å². The Morgan fingerprint density at radius 3 is 2.96 bits per heavy atom. The Kier molecular flexibility index (Phi) is 5.16. The molecule has 3 heterocycles. The van der Waals surface area contributed by atoms with Crippen molar-refractivity contribution in [2.45, 2.75) is 18.4 Å². The third-order valence-corrected chi connectivity index (χ3v) is 4.54. The summed E-state index contributed by atoms with van der Waals surface area (Å²) >= 11 is 1.33. The van der Waals surface area contributed by atoms with Gasteiger partial charge in [0.1, 0.15) is 18.5 Å². The Labute approximate surface area is 150 Å². The Morgan fingerprint density at radius 1 is 1.50 bits per heavy atom. The molecule has 1 atom stereocenters. The van der Waals surface area contributed by atoms with Gasteiger partial charge in [0.05, 0.1) is 5.69 Å². The number of nitrogens with one attached hydrogen (secondary N) is 1. The number of carbonyl (C=O) groups is 1. The van der Waals surface area contributed by atoms with Gasteiger partial charge >= 0.3 is 6.43 Å². The molecular weight excluding hydrogens is 371 g/mol. The van der Waals surface area contributed by atoms with Gasteiger partial charge in [-0.25, -0.2) is 14.4 Å². The van der Waals surface area contributed by atoms with Gasteiger partial charge in [0.25, 0.3) is 11.8 Å². The van der Waals surface area contributed by atoms with Crippen molar-refractivity contribution in [2.24, 2.45) is 10.7 Å². The number of anilines is 1. The molecule has 138 valence electrons. The van der Waals surface area contributed by atoms with Crippen molar-refractivity contribution < 1.29 is 22.4 Å². The van der Waals surface area contributed by atoms with Gasteiger partial charge in [-0.3, -0.25) is 9.78 Å². The van der Waals surface area contributed by atoms with Gasteiger partial charge in [0.2, 0.25) is 0 Å². The number of thioether (sulfide) groups is 1. The van der Waals surface area contributed by atoms with Crippen molar-refractivity contribution in [3.05, 3.63) is 41.9 Å². The first-order chi connectivity index (χ1) is 12.4. The number of nitrogens with two attached hydrogens (primary N) is 1. The molecule has 3 rings (SSSR count). The monoisotopic (exact) mass is 385 g/mol. The molecule has 26 heavy (non-hydrogen) atoms. The number of rotatable bonds is 5. The number of nitrogens with zero attached hydrogens (tertiary/aromatic N) is 3. The number of hydrogen-bond donors (Lipinski definition) is 2. The van der Waals surface area contributed by atoms with E-state index in [4.69, 9.17) is 5.73 Å². The number of aromatic nitrogens is 2. The number of hydrogen-bond acceptors (Lipinski definition) is 7. The molecule has 1 aliphatic rings. The number of carbonyl (C=O) groups excluding carboxylic acids is 1. The van der Waals surface area contributed by atoms with E-state index in [0.29, 0.717) is 23.6 Å². The lowest BCUT2D eigenvalue weighted by atomic mass is 9.93. The number of alkyl halides is 3. The minimum atomic E-state index is -2.92. The standard InChI is InChI=1S/C15H14F3N5O2S/c16-7-15(2-4-26-14(19)23-15)10-5-8(1-3-20-10)21-12(24)9-6-25-13(22-9)11(17)18/h1,3,5-6,11H,2,4,7H2,(H2,19,23)(H,20,21,24)/t15-/m1/s1. The summed E-state index contributed by atoms with van der Waals surface area (Å²) in [5.41, 5.74) is 4.82. The van der Waals surface area contributed by atoms with Crippen LogP contribution in [-0.4, -0.2) is 33.5 Å².